The molecule has 0 amide bonds. The van der Waals surface area contributed by atoms with Gasteiger partial charge < -0.3 is 4.74 Å². The van der Waals surface area contributed by atoms with Gasteiger partial charge in [-0.15, -0.1) is 0 Å². The Bertz CT molecular complexity index is 405. The molecule has 1 atom stereocenters. The average molecular weight is 226 g/mol. The molecule has 0 saturated carbocycles. The molecular weight excluding hydrogens is 212 g/mol. The number of sulfone groups is 1. The molecule has 2 rings (SSSR count). The SMILES string of the molecule is O=S(=O)(c1ccccc1)[C@H]1CCCCO1. The Hall–Kier alpha value is -0.870. The molecule has 82 valence electrons. The maximum Gasteiger partial charge on any atom is 0.205 e. The lowest BCUT2D eigenvalue weighted by molar-refractivity contribution is 0.0661. The number of ether oxygens (including phenoxy) is 1. The van der Waals surface area contributed by atoms with Crippen molar-refractivity contribution < 1.29 is 13.2 Å². The molecular formula is C11H14O3S. The Morgan fingerprint density at radius 1 is 1.13 bits per heavy atom. The highest BCUT2D eigenvalue weighted by Crippen LogP contribution is 2.23. The van der Waals surface area contributed by atoms with Gasteiger partial charge in [-0.2, -0.15) is 0 Å². The van der Waals surface area contributed by atoms with E-state index in [1.54, 1.807) is 30.3 Å². The molecule has 0 bridgehead atoms. The zero-order valence-corrected chi connectivity index (χ0v) is 9.24. The van der Waals surface area contributed by atoms with E-state index in [1.807, 2.05) is 0 Å². The number of hydrogen-bond donors (Lipinski definition) is 0. The monoisotopic (exact) mass is 226 g/mol. The van der Waals surface area contributed by atoms with Crippen molar-refractivity contribution in [3.05, 3.63) is 30.3 Å². The first kappa shape index (κ1) is 10.6. The fraction of sp³-hybridized carbons (Fsp3) is 0.455. The topological polar surface area (TPSA) is 43.4 Å². The van der Waals surface area contributed by atoms with Gasteiger partial charge in [0, 0.05) is 6.61 Å². The highest BCUT2D eigenvalue weighted by atomic mass is 32.2. The molecule has 0 aromatic heterocycles. The van der Waals surface area contributed by atoms with Crippen LogP contribution in [0.4, 0.5) is 0 Å². The summed E-state index contributed by atoms with van der Waals surface area (Å²) in [7, 11) is -3.28. The highest BCUT2D eigenvalue weighted by molar-refractivity contribution is 7.91. The normalized spacial score (nSPS) is 22.5. The summed E-state index contributed by atoms with van der Waals surface area (Å²) in [4.78, 5) is 0.358. The van der Waals surface area contributed by atoms with Gasteiger partial charge in [-0.1, -0.05) is 18.2 Å². The third-order valence-corrected chi connectivity index (χ3v) is 4.55. The summed E-state index contributed by atoms with van der Waals surface area (Å²) >= 11 is 0. The van der Waals surface area contributed by atoms with Gasteiger partial charge in [0.25, 0.3) is 0 Å². The van der Waals surface area contributed by atoms with E-state index < -0.39 is 15.3 Å². The third-order valence-electron chi connectivity index (χ3n) is 2.56. The van der Waals surface area contributed by atoms with Gasteiger partial charge in [0.1, 0.15) is 0 Å². The van der Waals surface area contributed by atoms with Crippen molar-refractivity contribution >= 4 is 9.84 Å². The number of hydrogen-bond acceptors (Lipinski definition) is 3. The van der Waals surface area contributed by atoms with Crippen LogP contribution in [-0.4, -0.2) is 20.5 Å². The second kappa shape index (κ2) is 4.33. The predicted octanol–water partition coefficient (Wildman–Crippen LogP) is 1.99. The van der Waals surface area contributed by atoms with Crippen molar-refractivity contribution in [1.29, 1.82) is 0 Å². The summed E-state index contributed by atoms with van der Waals surface area (Å²) in [5, 5.41) is 0. The molecule has 1 aliphatic heterocycles. The lowest BCUT2D eigenvalue weighted by atomic mass is 10.2. The van der Waals surface area contributed by atoms with Crippen LogP contribution < -0.4 is 0 Å². The Morgan fingerprint density at radius 2 is 1.87 bits per heavy atom. The summed E-state index contributed by atoms with van der Waals surface area (Å²) in [5.41, 5.74) is -0.645. The average Bonchev–Trinajstić information content (AvgIpc) is 2.31. The van der Waals surface area contributed by atoms with Crippen LogP contribution in [0.25, 0.3) is 0 Å². The molecule has 3 nitrogen and oxygen atoms in total. The van der Waals surface area contributed by atoms with Gasteiger partial charge in [0.05, 0.1) is 4.90 Å². The zero-order chi connectivity index (χ0) is 10.7. The minimum Gasteiger partial charge on any atom is -0.362 e. The molecule has 15 heavy (non-hydrogen) atoms. The first-order valence-electron chi connectivity index (χ1n) is 5.12. The number of benzene rings is 1. The maximum absolute atomic E-state index is 12.1. The second-order valence-electron chi connectivity index (χ2n) is 3.65. The molecule has 0 N–H and O–H groups in total. The third kappa shape index (κ3) is 2.21. The molecule has 1 aliphatic rings. The molecule has 0 spiro atoms. The highest BCUT2D eigenvalue weighted by Gasteiger charge is 2.29. The van der Waals surface area contributed by atoms with Crippen molar-refractivity contribution in [2.45, 2.75) is 29.6 Å². The molecule has 0 unspecified atom stereocenters. The van der Waals surface area contributed by atoms with Gasteiger partial charge in [-0.25, -0.2) is 8.42 Å². The van der Waals surface area contributed by atoms with Crippen LogP contribution in [0.3, 0.4) is 0 Å². The largest absolute Gasteiger partial charge is 0.362 e. The van der Waals surface area contributed by atoms with Crippen LogP contribution in [0.5, 0.6) is 0 Å². The van der Waals surface area contributed by atoms with Crippen molar-refractivity contribution in [2.75, 3.05) is 6.61 Å². The van der Waals surface area contributed by atoms with Crippen LogP contribution in [0, 0.1) is 0 Å². The summed E-state index contributed by atoms with van der Waals surface area (Å²) in [5.74, 6) is 0. The summed E-state index contributed by atoms with van der Waals surface area (Å²) in [6.45, 7) is 0.552. The molecule has 1 fully saturated rings. The molecule has 1 aromatic rings. The van der Waals surface area contributed by atoms with E-state index in [0.717, 1.165) is 12.8 Å². The van der Waals surface area contributed by atoms with Crippen molar-refractivity contribution in [3.63, 3.8) is 0 Å². The molecule has 1 saturated heterocycles. The Kier molecular flexibility index (Phi) is 3.07. The van der Waals surface area contributed by atoms with Crippen LogP contribution in [-0.2, 0) is 14.6 Å². The van der Waals surface area contributed by atoms with Gasteiger partial charge in [-0.05, 0) is 31.4 Å². The summed E-state index contributed by atoms with van der Waals surface area (Å²) in [6.07, 6.45) is 2.49. The minimum atomic E-state index is -3.28. The Labute approximate surface area is 90.0 Å². The standard InChI is InChI=1S/C11H14O3S/c12-15(13,10-6-2-1-3-7-10)11-8-4-5-9-14-11/h1-3,6-7,11H,4-5,8-9H2/t11-/m0/s1. The zero-order valence-electron chi connectivity index (χ0n) is 8.43. The second-order valence-corrected chi connectivity index (χ2v) is 5.74. The first-order valence-corrected chi connectivity index (χ1v) is 6.66. The Morgan fingerprint density at radius 3 is 2.47 bits per heavy atom. The fourth-order valence-corrected chi connectivity index (χ4v) is 3.31. The smallest absolute Gasteiger partial charge is 0.205 e. The van der Waals surface area contributed by atoms with Crippen molar-refractivity contribution in [3.8, 4) is 0 Å². The number of rotatable bonds is 2. The van der Waals surface area contributed by atoms with Gasteiger partial charge in [0.15, 0.2) is 5.44 Å². The molecule has 0 aliphatic carbocycles. The van der Waals surface area contributed by atoms with Crippen LogP contribution in [0.15, 0.2) is 35.2 Å². The van der Waals surface area contributed by atoms with E-state index in [4.69, 9.17) is 4.74 Å². The van der Waals surface area contributed by atoms with Crippen LogP contribution in [0.2, 0.25) is 0 Å². The van der Waals surface area contributed by atoms with E-state index in [9.17, 15) is 8.42 Å². The quantitative estimate of drug-likeness (QED) is 0.774. The minimum absolute atomic E-state index is 0.358. The van der Waals surface area contributed by atoms with E-state index >= 15 is 0 Å². The van der Waals surface area contributed by atoms with Gasteiger partial charge in [-0.3, -0.25) is 0 Å². The first-order chi connectivity index (χ1) is 7.21. The maximum atomic E-state index is 12.1. The van der Waals surface area contributed by atoms with E-state index in [1.165, 1.54) is 0 Å². The predicted molar refractivity (Wildman–Crippen MR) is 57.2 cm³/mol. The lowest BCUT2D eigenvalue weighted by Gasteiger charge is -2.22. The van der Waals surface area contributed by atoms with Crippen LogP contribution in [0.1, 0.15) is 19.3 Å². The van der Waals surface area contributed by atoms with Gasteiger partial charge >= 0.3 is 0 Å². The summed E-state index contributed by atoms with van der Waals surface area (Å²) in [6, 6.07) is 8.51. The molecule has 4 heteroatoms. The van der Waals surface area contributed by atoms with E-state index in [2.05, 4.69) is 0 Å². The lowest BCUT2D eigenvalue weighted by Crippen LogP contribution is -2.28. The van der Waals surface area contributed by atoms with E-state index in [-0.39, 0.29) is 0 Å². The summed E-state index contributed by atoms with van der Waals surface area (Å²) < 4.78 is 29.4. The molecule has 0 radical (unpaired) electrons. The van der Waals surface area contributed by atoms with Gasteiger partial charge in [0.2, 0.25) is 9.84 Å². The van der Waals surface area contributed by atoms with Crippen LogP contribution >= 0.6 is 0 Å². The van der Waals surface area contributed by atoms with Crippen molar-refractivity contribution in [1.82, 2.24) is 0 Å². The Balaban J connectivity index is 2.26. The van der Waals surface area contributed by atoms with E-state index in [0.29, 0.717) is 17.9 Å². The fourth-order valence-electron chi connectivity index (χ4n) is 1.72. The molecule has 1 aromatic carbocycles. The molecule has 1 heterocycles. The van der Waals surface area contributed by atoms with Crippen molar-refractivity contribution in [2.24, 2.45) is 0 Å².